The minimum Gasteiger partial charge on any atom is -0.444 e. The van der Waals surface area contributed by atoms with Crippen LogP contribution in [0.3, 0.4) is 0 Å². The molecule has 0 aliphatic rings. The lowest BCUT2D eigenvalue weighted by atomic mass is 9.92. The highest BCUT2D eigenvalue weighted by Crippen LogP contribution is 2.29. The smallest absolute Gasteiger partial charge is 0.408 e. The first-order valence-electron chi connectivity index (χ1n) is 12.4. The number of carbonyl (C=O) groups is 3. The van der Waals surface area contributed by atoms with Crippen LogP contribution in [0, 0.1) is 13.8 Å². The number of unbranched alkanes of at least 4 members (excludes halogenated alkanes) is 2. The molecule has 1 aromatic rings. The van der Waals surface area contributed by atoms with Crippen molar-refractivity contribution in [3.05, 3.63) is 34.9 Å². The number of ether oxygens (including phenoxy) is 1. The van der Waals surface area contributed by atoms with Gasteiger partial charge < -0.3 is 20.3 Å². The summed E-state index contributed by atoms with van der Waals surface area (Å²) in [6.45, 7) is 17.4. The Kier molecular flexibility index (Phi) is 11.6. The number of thiol groups is 1. The van der Waals surface area contributed by atoms with Gasteiger partial charge in [0.15, 0.2) is 0 Å². The normalized spacial score (nSPS) is 13.5. The Bertz CT molecular complexity index is 854. The van der Waals surface area contributed by atoms with E-state index >= 15 is 0 Å². The Balaban J connectivity index is 3.52. The molecule has 35 heavy (non-hydrogen) atoms. The summed E-state index contributed by atoms with van der Waals surface area (Å²) in [5.41, 5.74) is 1.46. The second-order valence-corrected chi connectivity index (χ2v) is 11.4. The molecular formula is C27H45N3O4S. The summed E-state index contributed by atoms with van der Waals surface area (Å²) in [4.78, 5) is 41.7. The fraction of sp³-hybridized carbons (Fsp3) is 0.667. The lowest BCUT2D eigenvalue weighted by molar-refractivity contribution is -0.142. The van der Waals surface area contributed by atoms with E-state index in [0.717, 1.165) is 36.0 Å². The van der Waals surface area contributed by atoms with Gasteiger partial charge >= 0.3 is 6.09 Å². The Morgan fingerprint density at radius 1 is 1.03 bits per heavy atom. The van der Waals surface area contributed by atoms with Gasteiger partial charge in [-0.3, -0.25) is 9.59 Å². The number of hydrogen-bond donors (Lipinski definition) is 3. The number of rotatable bonds is 10. The molecule has 8 heteroatoms. The van der Waals surface area contributed by atoms with Gasteiger partial charge in [-0.15, -0.1) is 0 Å². The Hall–Kier alpha value is -2.22. The minimum absolute atomic E-state index is 0.0721. The maximum Gasteiger partial charge on any atom is 0.408 e. The van der Waals surface area contributed by atoms with Crippen molar-refractivity contribution in [3.8, 4) is 0 Å². The first kappa shape index (κ1) is 30.8. The summed E-state index contributed by atoms with van der Waals surface area (Å²) in [6.07, 6.45) is 1.92. The van der Waals surface area contributed by atoms with E-state index in [4.69, 9.17) is 4.74 Å². The third-order valence-electron chi connectivity index (χ3n) is 5.33. The van der Waals surface area contributed by atoms with E-state index < -0.39 is 29.3 Å². The molecule has 0 aliphatic heterocycles. The first-order chi connectivity index (χ1) is 16.1. The zero-order chi connectivity index (χ0) is 27.0. The van der Waals surface area contributed by atoms with Crippen LogP contribution in [-0.2, 0) is 14.3 Å². The molecule has 2 atom stereocenters. The zero-order valence-electron chi connectivity index (χ0n) is 22.9. The van der Waals surface area contributed by atoms with Crippen LogP contribution in [0.1, 0.15) is 90.5 Å². The summed E-state index contributed by atoms with van der Waals surface area (Å²) >= 11 is 4.34. The van der Waals surface area contributed by atoms with Gasteiger partial charge in [-0.05, 0) is 78.5 Å². The van der Waals surface area contributed by atoms with Crippen LogP contribution >= 0.6 is 12.6 Å². The molecular weight excluding hydrogens is 462 g/mol. The molecule has 0 heterocycles. The topological polar surface area (TPSA) is 87.7 Å². The summed E-state index contributed by atoms with van der Waals surface area (Å²) in [7, 11) is 0. The van der Waals surface area contributed by atoms with Crippen molar-refractivity contribution >= 4 is 30.5 Å². The summed E-state index contributed by atoms with van der Waals surface area (Å²) in [5, 5.41) is 5.72. The van der Waals surface area contributed by atoms with E-state index in [1.807, 2.05) is 52.8 Å². The van der Waals surface area contributed by atoms with Gasteiger partial charge in [-0.2, -0.15) is 12.6 Å². The number of nitrogens with zero attached hydrogens (tertiary/aromatic N) is 1. The van der Waals surface area contributed by atoms with E-state index in [2.05, 4.69) is 30.2 Å². The Labute approximate surface area is 217 Å². The van der Waals surface area contributed by atoms with Crippen molar-refractivity contribution in [3.63, 3.8) is 0 Å². The van der Waals surface area contributed by atoms with E-state index in [9.17, 15) is 14.4 Å². The Morgan fingerprint density at radius 3 is 2.06 bits per heavy atom. The molecule has 1 rings (SSSR count). The molecule has 0 saturated carbocycles. The van der Waals surface area contributed by atoms with Crippen molar-refractivity contribution in [2.45, 2.75) is 105 Å². The summed E-state index contributed by atoms with van der Waals surface area (Å²) in [5.74, 6) is -0.545. The number of benzene rings is 1. The third kappa shape index (κ3) is 10.1. The van der Waals surface area contributed by atoms with Gasteiger partial charge in [0.2, 0.25) is 11.8 Å². The fourth-order valence-electron chi connectivity index (χ4n) is 3.86. The van der Waals surface area contributed by atoms with Crippen molar-refractivity contribution in [1.82, 2.24) is 15.5 Å². The molecule has 3 amide bonds. The van der Waals surface area contributed by atoms with E-state index in [0.29, 0.717) is 6.54 Å². The molecule has 198 valence electrons. The van der Waals surface area contributed by atoms with Gasteiger partial charge in [-0.25, -0.2) is 4.79 Å². The second-order valence-electron chi connectivity index (χ2n) is 11.1. The SMILES string of the molecule is CCCCCN(C(=O)C(CS)NC(=O)OC(C)(C)C)C(C(=O)NC(C)(C)C)c1c(C)cccc1C. The van der Waals surface area contributed by atoms with Crippen molar-refractivity contribution in [2.75, 3.05) is 12.3 Å². The van der Waals surface area contributed by atoms with Crippen LogP contribution < -0.4 is 10.6 Å². The molecule has 0 saturated heterocycles. The number of carbonyl (C=O) groups excluding carboxylic acids is 3. The molecule has 1 aromatic carbocycles. The average molecular weight is 508 g/mol. The molecule has 0 aromatic heterocycles. The number of alkyl carbamates (subject to hydrolysis) is 1. The van der Waals surface area contributed by atoms with Gasteiger partial charge in [0, 0.05) is 17.8 Å². The molecule has 2 N–H and O–H groups in total. The number of aryl methyl sites for hydroxylation is 2. The lowest BCUT2D eigenvalue weighted by Gasteiger charge is -2.37. The molecule has 0 bridgehead atoms. The largest absolute Gasteiger partial charge is 0.444 e. The molecule has 0 radical (unpaired) electrons. The third-order valence-corrected chi connectivity index (χ3v) is 5.70. The first-order valence-corrected chi connectivity index (χ1v) is 13.0. The highest BCUT2D eigenvalue weighted by atomic mass is 32.1. The van der Waals surface area contributed by atoms with Crippen LogP contribution in [-0.4, -0.2) is 52.3 Å². The van der Waals surface area contributed by atoms with Crippen LogP contribution in [0.5, 0.6) is 0 Å². The second kappa shape index (κ2) is 13.2. The highest BCUT2D eigenvalue weighted by Gasteiger charge is 2.37. The predicted molar refractivity (Wildman–Crippen MR) is 145 cm³/mol. The average Bonchev–Trinajstić information content (AvgIpc) is 2.70. The van der Waals surface area contributed by atoms with Crippen molar-refractivity contribution in [1.29, 1.82) is 0 Å². The van der Waals surface area contributed by atoms with Crippen molar-refractivity contribution in [2.24, 2.45) is 0 Å². The molecule has 0 spiro atoms. The molecule has 2 unspecified atom stereocenters. The maximum atomic E-state index is 13.9. The minimum atomic E-state index is -0.941. The summed E-state index contributed by atoms with van der Waals surface area (Å²) in [6, 6.07) is 4.05. The van der Waals surface area contributed by atoms with Gasteiger partial charge in [-0.1, -0.05) is 38.0 Å². The van der Waals surface area contributed by atoms with Gasteiger partial charge in [0.1, 0.15) is 17.7 Å². The van der Waals surface area contributed by atoms with Crippen LogP contribution in [0.25, 0.3) is 0 Å². The van der Waals surface area contributed by atoms with Gasteiger partial charge in [0.05, 0.1) is 0 Å². The number of hydrogen-bond acceptors (Lipinski definition) is 5. The van der Waals surface area contributed by atoms with E-state index in [-0.39, 0.29) is 17.6 Å². The van der Waals surface area contributed by atoms with Crippen LogP contribution in [0.2, 0.25) is 0 Å². The quantitative estimate of drug-likeness (QED) is 0.304. The molecule has 0 aliphatic carbocycles. The number of amides is 3. The molecule has 7 nitrogen and oxygen atoms in total. The highest BCUT2D eigenvalue weighted by molar-refractivity contribution is 7.80. The van der Waals surface area contributed by atoms with Crippen LogP contribution in [0.15, 0.2) is 18.2 Å². The standard InChI is InChI=1S/C27H45N3O4S/c1-10-11-12-16-30(24(32)20(17-35)28-25(33)34-27(7,8)9)22(23(31)29-26(4,5)6)21-18(2)14-13-15-19(21)3/h13-15,20,22,35H,10-12,16-17H2,1-9H3,(H,28,33)(H,29,31). The summed E-state index contributed by atoms with van der Waals surface area (Å²) < 4.78 is 5.36. The molecule has 0 fully saturated rings. The van der Waals surface area contributed by atoms with E-state index in [1.54, 1.807) is 25.7 Å². The zero-order valence-corrected chi connectivity index (χ0v) is 23.8. The van der Waals surface area contributed by atoms with Crippen molar-refractivity contribution < 1.29 is 19.1 Å². The Morgan fingerprint density at radius 2 is 1.60 bits per heavy atom. The number of nitrogens with one attached hydrogen (secondary N) is 2. The monoisotopic (exact) mass is 507 g/mol. The lowest BCUT2D eigenvalue weighted by Crippen LogP contribution is -2.55. The predicted octanol–water partition coefficient (Wildman–Crippen LogP) is 5.10. The maximum absolute atomic E-state index is 13.9. The van der Waals surface area contributed by atoms with Gasteiger partial charge in [0.25, 0.3) is 0 Å². The fourth-order valence-corrected chi connectivity index (χ4v) is 4.11. The van der Waals surface area contributed by atoms with E-state index in [1.165, 1.54) is 0 Å². The van der Waals surface area contributed by atoms with Crippen LogP contribution in [0.4, 0.5) is 4.79 Å².